The SMILES string of the molecule is CCC[C@H]1CC[C@@H]1[C@@]1(C(C)C)COB(B2OC3CCC4C5C[C@@H]([C@@H]45)[C@]3(C)O2)O1. The van der Waals surface area contributed by atoms with Crippen LogP contribution in [0.15, 0.2) is 0 Å². The minimum atomic E-state index is -0.361. The zero-order valence-corrected chi connectivity index (χ0v) is 18.1. The molecule has 2 aliphatic heterocycles. The van der Waals surface area contributed by atoms with Crippen LogP contribution < -0.4 is 0 Å². The lowest BCUT2D eigenvalue weighted by Gasteiger charge is -2.50. The molecule has 6 aliphatic rings. The average Bonchev–Trinajstić information content (AvgIpc) is 2.93. The standard InChI is InChI=1S/C22H36B2O4/c1-5-6-14-7-9-17(14)22(13(2)3)12-25-23(28-22)24-26-19-10-8-15-16-11-18(20(15)16)21(19,4)27-24/h13-20H,5-12H2,1-4H3/t14-,15?,16?,17-,18-,19?,20-,21-,22-/m0/s1. The van der Waals surface area contributed by atoms with Gasteiger partial charge in [-0.25, -0.2) is 0 Å². The van der Waals surface area contributed by atoms with Gasteiger partial charge in [-0.1, -0.05) is 33.6 Å². The predicted molar refractivity (Wildman–Crippen MR) is 109 cm³/mol. The normalized spacial score (nSPS) is 54.1. The maximum absolute atomic E-state index is 6.77. The van der Waals surface area contributed by atoms with E-state index in [0.29, 0.717) is 24.4 Å². The lowest BCUT2D eigenvalue weighted by Crippen LogP contribution is -2.54. The van der Waals surface area contributed by atoms with Crippen molar-refractivity contribution in [1.82, 2.24) is 0 Å². The Bertz CT molecular complexity index is 646. The highest BCUT2D eigenvalue weighted by Crippen LogP contribution is 2.72. The van der Waals surface area contributed by atoms with Crippen LogP contribution in [0, 0.1) is 41.4 Å². The molecule has 9 atom stereocenters. The van der Waals surface area contributed by atoms with Crippen molar-refractivity contribution in [3.63, 3.8) is 0 Å². The Balaban J connectivity index is 1.18. The van der Waals surface area contributed by atoms with Crippen LogP contribution in [0.25, 0.3) is 0 Å². The number of rotatable bonds is 5. The third-order valence-electron chi connectivity index (χ3n) is 9.91. The maximum atomic E-state index is 6.77. The van der Waals surface area contributed by atoms with Crippen LogP contribution in [0.5, 0.6) is 0 Å². The first-order valence-corrected chi connectivity index (χ1v) is 12.1. The van der Waals surface area contributed by atoms with Crippen molar-refractivity contribution in [2.24, 2.45) is 41.4 Å². The van der Waals surface area contributed by atoms with E-state index in [1.165, 1.54) is 38.5 Å². The van der Waals surface area contributed by atoms with Gasteiger partial charge in [-0.2, -0.15) is 0 Å². The third-order valence-corrected chi connectivity index (χ3v) is 9.91. The van der Waals surface area contributed by atoms with E-state index in [9.17, 15) is 0 Å². The summed E-state index contributed by atoms with van der Waals surface area (Å²) in [4.78, 5) is 0. The number of hydrogen-bond acceptors (Lipinski definition) is 4. The van der Waals surface area contributed by atoms with Gasteiger partial charge in [0.1, 0.15) is 0 Å². The molecule has 0 amide bonds. The Morgan fingerprint density at radius 2 is 1.86 bits per heavy atom. The molecule has 4 nitrogen and oxygen atoms in total. The molecule has 6 rings (SSSR count). The second-order valence-electron chi connectivity index (χ2n) is 11.3. The molecule has 0 N–H and O–H groups in total. The van der Waals surface area contributed by atoms with Gasteiger partial charge in [0.05, 0.1) is 23.9 Å². The summed E-state index contributed by atoms with van der Waals surface area (Å²) in [5.41, 5.74) is -0.293. The van der Waals surface area contributed by atoms with Crippen LogP contribution in [-0.4, -0.2) is 37.9 Å². The Kier molecular flexibility index (Phi) is 4.17. The Labute approximate surface area is 171 Å². The summed E-state index contributed by atoms with van der Waals surface area (Å²) in [6.07, 6.45) is 9.24. The molecule has 0 bridgehead atoms. The average molecular weight is 386 g/mol. The van der Waals surface area contributed by atoms with Gasteiger partial charge >= 0.3 is 14.0 Å². The van der Waals surface area contributed by atoms with Crippen LogP contribution in [-0.2, 0) is 18.6 Å². The van der Waals surface area contributed by atoms with E-state index in [0.717, 1.165) is 30.1 Å². The van der Waals surface area contributed by atoms with Crippen molar-refractivity contribution in [3.05, 3.63) is 0 Å². The number of hydrogen-bond donors (Lipinski definition) is 0. The van der Waals surface area contributed by atoms with E-state index in [4.69, 9.17) is 18.6 Å². The van der Waals surface area contributed by atoms with E-state index in [-0.39, 0.29) is 31.3 Å². The molecule has 0 aromatic heterocycles. The Morgan fingerprint density at radius 3 is 2.57 bits per heavy atom. The Hall–Kier alpha value is -0.0301. The minimum Gasteiger partial charge on any atom is -0.410 e. The first kappa shape index (κ1) is 18.7. The number of fused-ring (bicyclic) bond motifs is 3. The highest BCUT2D eigenvalue weighted by atomic mass is 16.7. The summed E-state index contributed by atoms with van der Waals surface area (Å²) in [6, 6.07) is 0. The van der Waals surface area contributed by atoms with E-state index >= 15 is 0 Å². The maximum Gasteiger partial charge on any atom is 0.488 e. The Morgan fingerprint density at radius 1 is 1.00 bits per heavy atom. The molecule has 0 aromatic rings. The van der Waals surface area contributed by atoms with Crippen molar-refractivity contribution in [2.45, 2.75) is 89.9 Å². The van der Waals surface area contributed by atoms with Gasteiger partial charge in [0.15, 0.2) is 0 Å². The van der Waals surface area contributed by atoms with Crippen molar-refractivity contribution in [3.8, 4) is 0 Å². The fraction of sp³-hybridized carbons (Fsp3) is 1.00. The van der Waals surface area contributed by atoms with E-state index in [2.05, 4.69) is 27.7 Å². The summed E-state index contributed by atoms with van der Waals surface area (Å²) in [7, 11) is -0.713. The van der Waals surface area contributed by atoms with Gasteiger partial charge in [-0.3, -0.25) is 0 Å². The molecule has 6 fully saturated rings. The van der Waals surface area contributed by atoms with Gasteiger partial charge in [-0.15, -0.1) is 0 Å². The molecule has 0 spiro atoms. The molecule has 2 heterocycles. The molecule has 0 radical (unpaired) electrons. The summed E-state index contributed by atoms with van der Waals surface area (Å²) in [5.74, 6) is 5.46. The van der Waals surface area contributed by atoms with Crippen LogP contribution in [0.4, 0.5) is 0 Å². The molecule has 28 heavy (non-hydrogen) atoms. The monoisotopic (exact) mass is 386 g/mol. The van der Waals surface area contributed by atoms with Crippen molar-refractivity contribution in [1.29, 1.82) is 0 Å². The van der Waals surface area contributed by atoms with Gasteiger partial charge in [0.2, 0.25) is 0 Å². The van der Waals surface area contributed by atoms with E-state index in [1.807, 2.05) is 0 Å². The topological polar surface area (TPSA) is 36.9 Å². The first-order valence-electron chi connectivity index (χ1n) is 12.1. The lowest BCUT2D eigenvalue weighted by atomic mass is 9.48. The molecule has 2 saturated heterocycles. The second-order valence-corrected chi connectivity index (χ2v) is 11.3. The molecule has 0 aromatic carbocycles. The minimum absolute atomic E-state index is 0.131. The molecule has 154 valence electrons. The fourth-order valence-corrected chi connectivity index (χ4v) is 7.96. The van der Waals surface area contributed by atoms with Crippen molar-refractivity contribution < 1.29 is 18.6 Å². The largest absolute Gasteiger partial charge is 0.488 e. The van der Waals surface area contributed by atoms with Gasteiger partial charge < -0.3 is 18.6 Å². The third kappa shape index (κ3) is 2.35. The summed E-state index contributed by atoms with van der Waals surface area (Å²) in [6.45, 7) is 9.91. The summed E-state index contributed by atoms with van der Waals surface area (Å²) >= 11 is 0. The van der Waals surface area contributed by atoms with Crippen LogP contribution in [0.2, 0.25) is 0 Å². The van der Waals surface area contributed by atoms with E-state index in [1.54, 1.807) is 0 Å². The van der Waals surface area contributed by atoms with Crippen LogP contribution >= 0.6 is 0 Å². The van der Waals surface area contributed by atoms with Crippen LogP contribution in [0.3, 0.4) is 0 Å². The predicted octanol–water partition coefficient (Wildman–Crippen LogP) is 4.16. The molecule has 4 aliphatic carbocycles. The molecule has 4 saturated carbocycles. The highest BCUT2D eigenvalue weighted by Gasteiger charge is 2.73. The quantitative estimate of drug-likeness (QED) is 0.665. The summed E-state index contributed by atoms with van der Waals surface area (Å²) in [5, 5.41) is 0. The smallest absolute Gasteiger partial charge is 0.410 e. The van der Waals surface area contributed by atoms with Gasteiger partial charge in [0, 0.05) is 0 Å². The lowest BCUT2D eigenvalue weighted by molar-refractivity contribution is -0.0844. The van der Waals surface area contributed by atoms with Crippen molar-refractivity contribution >= 4 is 14.0 Å². The van der Waals surface area contributed by atoms with Gasteiger partial charge in [0.25, 0.3) is 0 Å². The second kappa shape index (κ2) is 6.24. The van der Waals surface area contributed by atoms with Gasteiger partial charge in [-0.05, 0) is 80.5 Å². The molecular formula is C22H36B2O4. The zero-order chi connectivity index (χ0) is 19.3. The summed E-state index contributed by atoms with van der Waals surface area (Å²) < 4.78 is 26.2. The zero-order valence-electron chi connectivity index (χ0n) is 18.1. The fourth-order valence-electron chi connectivity index (χ4n) is 7.96. The molecule has 6 heteroatoms. The van der Waals surface area contributed by atoms with Crippen molar-refractivity contribution in [2.75, 3.05) is 6.61 Å². The molecule has 3 unspecified atom stereocenters. The van der Waals surface area contributed by atoms with Crippen LogP contribution in [0.1, 0.15) is 72.6 Å². The first-order chi connectivity index (χ1) is 13.5. The van der Waals surface area contributed by atoms with E-state index < -0.39 is 0 Å². The molecular weight excluding hydrogens is 350 g/mol. The highest BCUT2D eigenvalue weighted by molar-refractivity contribution is 7.11.